The van der Waals surface area contributed by atoms with E-state index < -0.39 is 31.9 Å². The van der Waals surface area contributed by atoms with Crippen LogP contribution in [0.3, 0.4) is 0 Å². The third-order valence-corrected chi connectivity index (χ3v) is 7.84. The molecule has 0 radical (unpaired) electrons. The summed E-state index contributed by atoms with van der Waals surface area (Å²) in [7, 11) is -5.42. The monoisotopic (exact) mass is 532 g/mol. The van der Waals surface area contributed by atoms with E-state index in [1.165, 1.54) is 12.1 Å². The largest absolute Gasteiger partial charge is 0.501 e. The van der Waals surface area contributed by atoms with Crippen LogP contribution in [0, 0.1) is 0 Å². The zero-order valence-corrected chi connectivity index (χ0v) is 21.1. The topological polar surface area (TPSA) is 82.6 Å². The number of rotatable bonds is 7. The quantitative estimate of drug-likeness (QED) is 0.489. The molecule has 3 aromatic rings. The van der Waals surface area contributed by atoms with E-state index in [0.29, 0.717) is 18.9 Å². The molecular weight excluding hydrogens is 505 g/mol. The maximum atomic E-state index is 13.0. The summed E-state index contributed by atoms with van der Waals surface area (Å²) in [6.07, 6.45) is 3.00. The molecule has 37 heavy (non-hydrogen) atoms. The van der Waals surface area contributed by atoms with Crippen molar-refractivity contribution >= 4 is 21.4 Å². The number of halogens is 3. The first kappa shape index (κ1) is 26.6. The Morgan fingerprint density at radius 1 is 1.03 bits per heavy atom. The van der Waals surface area contributed by atoms with Gasteiger partial charge in [0, 0.05) is 30.2 Å². The van der Waals surface area contributed by atoms with Crippen molar-refractivity contribution in [1.29, 1.82) is 0 Å². The number of hydrogen-bond acceptors (Lipinski definition) is 6. The molecule has 0 saturated carbocycles. The molecule has 0 bridgehead atoms. The number of hydrogen-bond donors (Lipinski definition) is 1. The summed E-state index contributed by atoms with van der Waals surface area (Å²) in [5.74, 6) is -0.163. The number of carbonyl (C=O) groups excluding carboxylic acids is 1. The number of anilines is 1. The SMILES string of the molecule is CC1(C)CN(c2ccc(S(=O)(=O)C(F)(F)F)cc2)CN1C(NC(=O)Cc1ccccc1)c1ccncc1. The number of nitrogens with zero attached hydrogens (tertiary/aromatic N) is 3. The Morgan fingerprint density at radius 2 is 1.65 bits per heavy atom. The minimum absolute atomic E-state index is 0.163. The first-order valence-corrected chi connectivity index (χ1v) is 13.0. The van der Waals surface area contributed by atoms with Gasteiger partial charge in [-0.25, -0.2) is 8.42 Å². The summed E-state index contributed by atoms with van der Waals surface area (Å²) in [6, 6.07) is 17.7. The van der Waals surface area contributed by atoms with Crippen LogP contribution in [0.15, 0.2) is 84.0 Å². The van der Waals surface area contributed by atoms with E-state index in [4.69, 9.17) is 0 Å². The second-order valence-electron chi connectivity index (χ2n) is 9.48. The van der Waals surface area contributed by atoms with Crippen molar-refractivity contribution in [2.24, 2.45) is 0 Å². The number of benzene rings is 2. The third kappa shape index (κ3) is 5.78. The zero-order valence-electron chi connectivity index (χ0n) is 20.3. The van der Waals surface area contributed by atoms with E-state index in [1.54, 1.807) is 12.4 Å². The molecule has 1 saturated heterocycles. The number of alkyl halides is 3. The van der Waals surface area contributed by atoms with Crippen LogP contribution in [-0.4, -0.2) is 48.5 Å². The second kappa shape index (κ2) is 10.1. The van der Waals surface area contributed by atoms with Crippen LogP contribution in [0.4, 0.5) is 18.9 Å². The van der Waals surface area contributed by atoms with Crippen molar-refractivity contribution in [1.82, 2.24) is 15.2 Å². The predicted molar refractivity (Wildman–Crippen MR) is 133 cm³/mol. The van der Waals surface area contributed by atoms with E-state index >= 15 is 0 Å². The Balaban J connectivity index is 1.58. The van der Waals surface area contributed by atoms with E-state index in [0.717, 1.165) is 23.3 Å². The molecule has 1 N–H and O–H groups in total. The number of pyridine rings is 1. The Morgan fingerprint density at radius 3 is 2.24 bits per heavy atom. The van der Waals surface area contributed by atoms with Gasteiger partial charge in [-0.05, 0) is 61.4 Å². The van der Waals surface area contributed by atoms with Crippen molar-refractivity contribution < 1.29 is 26.4 Å². The molecule has 1 fully saturated rings. The number of sulfone groups is 1. The Labute approximate surface area is 213 Å². The number of amides is 1. The molecule has 7 nitrogen and oxygen atoms in total. The van der Waals surface area contributed by atoms with Crippen molar-refractivity contribution in [2.75, 3.05) is 18.1 Å². The number of aromatic nitrogens is 1. The minimum atomic E-state index is -5.42. The van der Waals surface area contributed by atoms with E-state index in [2.05, 4.69) is 15.2 Å². The molecule has 1 unspecified atom stereocenters. The van der Waals surface area contributed by atoms with E-state index in [1.807, 2.05) is 61.2 Å². The molecule has 196 valence electrons. The van der Waals surface area contributed by atoms with E-state index in [9.17, 15) is 26.4 Å². The molecule has 0 aliphatic carbocycles. The summed E-state index contributed by atoms with van der Waals surface area (Å²) >= 11 is 0. The predicted octanol–water partition coefficient (Wildman–Crippen LogP) is 4.29. The minimum Gasteiger partial charge on any atom is -0.357 e. The number of carbonyl (C=O) groups is 1. The Hall–Kier alpha value is -3.44. The van der Waals surface area contributed by atoms with Crippen molar-refractivity contribution in [2.45, 2.75) is 42.4 Å². The average molecular weight is 533 g/mol. The summed E-state index contributed by atoms with van der Waals surface area (Å²) in [5.41, 5.74) is -3.54. The maximum Gasteiger partial charge on any atom is 0.501 e. The molecule has 1 aromatic heterocycles. The van der Waals surface area contributed by atoms with Gasteiger partial charge in [-0.1, -0.05) is 30.3 Å². The van der Waals surface area contributed by atoms with Crippen LogP contribution >= 0.6 is 0 Å². The van der Waals surface area contributed by atoms with E-state index in [-0.39, 0.29) is 12.3 Å². The summed E-state index contributed by atoms with van der Waals surface area (Å²) in [6.45, 7) is 4.85. The molecule has 4 rings (SSSR count). The molecular formula is C26H27F3N4O3S. The van der Waals surface area contributed by atoms with Crippen LogP contribution in [0.5, 0.6) is 0 Å². The molecule has 1 amide bonds. The second-order valence-corrected chi connectivity index (χ2v) is 11.4. The molecule has 1 atom stereocenters. The van der Waals surface area contributed by atoms with Crippen LogP contribution < -0.4 is 10.2 Å². The fourth-order valence-electron chi connectivity index (χ4n) is 4.43. The van der Waals surface area contributed by atoms with Crippen LogP contribution in [0.1, 0.15) is 31.1 Å². The average Bonchev–Trinajstić information content (AvgIpc) is 3.18. The summed E-state index contributed by atoms with van der Waals surface area (Å²) in [4.78, 5) is 20.3. The van der Waals surface area contributed by atoms with Gasteiger partial charge in [-0.3, -0.25) is 14.7 Å². The fraction of sp³-hybridized carbons (Fsp3) is 0.308. The zero-order chi connectivity index (χ0) is 26.8. The van der Waals surface area contributed by atoms with Gasteiger partial charge in [0.25, 0.3) is 9.84 Å². The fourth-order valence-corrected chi connectivity index (χ4v) is 5.19. The van der Waals surface area contributed by atoms with Crippen LogP contribution in [-0.2, 0) is 21.1 Å². The van der Waals surface area contributed by atoms with Gasteiger partial charge < -0.3 is 10.2 Å². The van der Waals surface area contributed by atoms with Gasteiger partial charge in [-0.15, -0.1) is 0 Å². The van der Waals surface area contributed by atoms with Crippen LogP contribution in [0.25, 0.3) is 0 Å². The molecule has 1 aliphatic heterocycles. The highest BCUT2D eigenvalue weighted by Gasteiger charge is 2.47. The first-order valence-electron chi connectivity index (χ1n) is 11.5. The highest BCUT2D eigenvalue weighted by atomic mass is 32.2. The molecule has 0 spiro atoms. The number of nitrogens with one attached hydrogen (secondary N) is 1. The van der Waals surface area contributed by atoms with Gasteiger partial charge in [0.05, 0.1) is 18.0 Å². The standard InChI is InChI=1S/C26H27F3N4O3S/c1-25(2)17-32(21-8-10-22(11-9-21)37(35,36)26(27,28)29)18-33(25)24(20-12-14-30-15-13-20)31-23(34)16-19-6-4-3-5-7-19/h3-15,24H,16-18H2,1-2H3,(H,31,34). The van der Waals surface area contributed by atoms with Gasteiger partial charge in [-0.2, -0.15) is 13.2 Å². The van der Waals surface area contributed by atoms with Gasteiger partial charge in [0.15, 0.2) is 0 Å². The van der Waals surface area contributed by atoms with Crippen molar-refractivity contribution in [3.05, 3.63) is 90.3 Å². The molecule has 1 aliphatic rings. The van der Waals surface area contributed by atoms with Gasteiger partial charge in [0.1, 0.15) is 6.17 Å². The third-order valence-electron chi connectivity index (χ3n) is 6.33. The lowest BCUT2D eigenvalue weighted by atomic mass is 10.0. The highest BCUT2D eigenvalue weighted by Crippen LogP contribution is 2.36. The van der Waals surface area contributed by atoms with Crippen molar-refractivity contribution in [3.8, 4) is 0 Å². The van der Waals surface area contributed by atoms with Crippen LogP contribution in [0.2, 0.25) is 0 Å². The lowest BCUT2D eigenvalue weighted by molar-refractivity contribution is -0.123. The molecule has 11 heteroatoms. The maximum absolute atomic E-state index is 13.0. The van der Waals surface area contributed by atoms with Crippen molar-refractivity contribution in [3.63, 3.8) is 0 Å². The lowest BCUT2D eigenvalue weighted by Gasteiger charge is -2.37. The van der Waals surface area contributed by atoms with Gasteiger partial charge in [0.2, 0.25) is 5.91 Å². The lowest BCUT2D eigenvalue weighted by Crippen LogP contribution is -2.49. The molecule has 2 aromatic carbocycles. The normalized spacial score (nSPS) is 16.9. The molecule has 2 heterocycles. The van der Waals surface area contributed by atoms with Gasteiger partial charge >= 0.3 is 5.51 Å². The highest BCUT2D eigenvalue weighted by molar-refractivity contribution is 7.92. The Kier molecular flexibility index (Phi) is 7.29. The summed E-state index contributed by atoms with van der Waals surface area (Å²) < 4.78 is 62.2. The Bertz CT molecular complexity index is 1330. The first-order chi connectivity index (χ1) is 17.4. The summed E-state index contributed by atoms with van der Waals surface area (Å²) in [5, 5.41) is 3.13. The smallest absolute Gasteiger partial charge is 0.357 e.